The summed E-state index contributed by atoms with van der Waals surface area (Å²) in [5, 5.41) is 20.0. The zero-order valence-electron chi connectivity index (χ0n) is 12.6. The Kier molecular flexibility index (Phi) is 3.53. The van der Waals surface area contributed by atoms with E-state index in [4.69, 9.17) is 0 Å². The number of fused-ring (bicyclic) bond motifs is 1. The first kappa shape index (κ1) is 13.9. The van der Waals surface area contributed by atoms with E-state index in [1.54, 1.807) is 0 Å². The van der Waals surface area contributed by atoms with Crippen molar-refractivity contribution in [3.05, 3.63) is 29.3 Å². The predicted octanol–water partition coefficient (Wildman–Crippen LogP) is 4.14. The molecule has 0 bridgehead atoms. The van der Waals surface area contributed by atoms with E-state index in [-0.39, 0.29) is 11.5 Å². The van der Waals surface area contributed by atoms with Crippen LogP contribution in [0.3, 0.4) is 0 Å². The fourth-order valence-corrected chi connectivity index (χ4v) is 4.94. The molecule has 0 spiro atoms. The molecule has 110 valence electrons. The Morgan fingerprint density at radius 3 is 2.75 bits per heavy atom. The lowest BCUT2D eigenvalue weighted by atomic mass is 9.61. The Balaban J connectivity index is 1.83. The van der Waals surface area contributed by atoms with Crippen LogP contribution < -0.4 is 0 Å². The highest BCUT2D eigenvalue weighted by molar-refractivity contribution is 5.36. The summed E-state index contributed by atoms with van der Waals surface area (Å²) in [7, 11) is 0. The van der Waals surface area contributed by atoms with Gasteiger partial charge in [0, 0.05) is 0 Å². The summed E-state index contributed by atoms with van der Waals surface area (Å²) < 4.78 is 0. The molecular formula is C18H26O2. The summed E-state index contributed by atoms with van der Waals surface area (Å²) in [6.45, 7) is 4.34. The zero-order valence-corrected chi connectivity index (χ0v) is 12.6. The van der Waals surface area contributed by atoms with Gasteiger partial charge in [-0.2, -0.15) is 0 Å². The molecule has 2 nitrogen and oxygen atoms in total. The van der Waals surface area contributed by atoms with Crippen LogP contribution in [0.15, 0.2) is 18.2 Å². The van der Waals surface area contributed by atoms with Gasteiger partial charge in [-0.3, -0.25) is 0 Å². The molecule has 1 unspecified atom stereocenters. The van der Waals surface area contributed by atoms with Gasteiger partial charge in [0.05, 0.1) is 6.10 Å². The number of aliphatic hydroxyl groups is 1. The number of hydrogen-bond acceptors (Lipinski definition) is 2. The fourth-order valence-electron chi connectivity index (χ4n) is 4.94. The molecule has 0 radical (unpaired) electrons. The van der Waals surface area contributed by atoms with E-state index < -0.39 is 0 Å². The molecule has 2 fully saturated rings. The van der Waals surface area contributed by atoms with Crippen LogP contribution in [0, 0.1) is 18.3 Å². The van der Waals surface area contributed by atoms with E-state index in [1.165, 1.54) is 30.4 Å². The first-order valence-corrected chi connectivity index (χ1v) is 8.04. The number of aromatic hydroxyl groups is 1. The highest BCUT2D eigenvalue weighted by Crippen LogP contribution is 2.57. The molecule has 4 atom stereocenters. The van der Waals surface area contributed by atoms with Gasteiger partial charge in [0.2, 0.25) is 0 Å². The zero-order chi connectivity index (χ0) is 14.3. The normalized spacial score (nSPS) is 36.9. The maximum Gasteiger partial charge on any atom is 0.115 e. The molecule has 2 aliphatic carbocycles. The Labute approximate surface area is 121 Å². The highest BCUT2D eigenvalue weighted by atomic mass is 16.3. The lowest BCUT2D eigenvalue weighted by molar-refractivity contribution is -0.00971. The second-order valence-corrected chi connectivity index (χ2v) is 6.89. The minimum absolute atomic E-state index is 0.0839. The van der Waals surface area contributed by atoms with E-state index in [2.05, 4.69) is 19.9 Å². The van der Waals surface area contributed by atoms with Gasteiger partial charge in [0.15, 0.2) is 0 Å². The molecule has 2 saturated carbocycles. The quantitative estimate of drug-likeness (QED) is 0.851. The second kappa shape index (κ2) is 5.07. The van der Waals surface area contributed by atoms with Crippen molar-refractivity contribution >= 4 is 0 Å². The van der Waals surface area contributed by atoms with Crippen LogP contribution in [0.5, 0.6) is 5.75 Å². The first-order chi connectivity index (χ1) is 9.56. The topological polar surface area (TPSA) is 40.5 Å². The second-order valence-electron chi connectivity index (χ2n) is 6.89. The van der Waals surface area contributed by atoms with Gasteiger partial charge in [-0.05, 0) is 86.0 Å². The maximum atomic E-state index is 10.4. The van der Waals surface area contributed by atoms with Crippen LogP contribution in [0.25, 0.3) is 0 Å². The van der Waals surface area contributed by atoms with Crippen molar-refractivity contribution in [3.8, 4) is 5.75 Å². The van der Waals surface area contributed by atoms with Crippen molar-refractivity contribution in [3.63, 3.8) is 0 Å². The van der Waals surface area contributed by atoms with Crippen LogP contribution in [0.4, 0.5) is 0 Å². The molecule has 0 saturated heterocycles. The third-order valence-corrected chi connectivity index (χ3v) is 6.14. The summed E-state index contributed by atoms with van der Waals surface area (Å²) in [6, 6.07) is 5.79. The monoisotopic (exact) mass is 274 g/mol. The SMILES string of the molecule is CC[C@]12CC[C@H](c3ccc(O)cc3C)CC1CC[C@@H]2O. The van der Waals surface area contributed by atoms with Crippen LogP contribution in [-0.2, 0) is 0 Å². The third-order valence-electron chi connectivity index (χ3n) is 6.14. The Morgan fingerprint density at radius 2 is 2.05 bits per heavy atom. The van der Waals surface area contributed by atoms with Crippen molar-refractivity contribution in [2.24, 2.45) is 11.3 Å². The Bertz CT molecular complexity index is 496. The summed E-state index contributed by atoms with van der Waals surface area (Å²) >= 11 is 0. The molecule has 3 rings (SSSR count). The highest BCUT2D eigenvalue weighted by Gasteiger charge is 2.51. The van der Waals surface area contributed by atoms with Gasteiger partial charge in [0.25, 0.3) is 0 Å². The molecule has 0 aromatic heterocycles. The van der Waals surface area contributed by atoms with Gasteiger partial charge in [-0.1, -0.05) is 13.0 Å². The Hall–Kier alpha value is -1.02. The van der Waals surface area contributed by atoms with E-state index in [0.717, 1.165) is 19.3 Å². The fraction of sp³-hybridized carbons (Fsp3) is 0.667. The summed E-state index contributed by atoms with van der Waals surface area (Å²) in [6.07, 6.45) is 6.73. The largest absolute Gasteiger partial charge is 0.508 e. The van der Waals surface area contributed by atoms with Gasteiger partial charge < -0.3 is 10.2 Å². The molecule has 1 aromatic rings. The number of aliphatic hydroxyl groups excluding tert-OH is 1. The molecule has 2 aliphatic rings. The van der Waals surface area contributed by atoms with Crippen LogP contribution in [0.1, 0.15) is 62.5 Å². The minimum Gasteiger partial charge on any atom is -0.508 e. The average molecular weight is 274 g/mol. The van der Waals surface area contributed by atoms with Gasteiger partial charge in [0.1, 0.15) is 5.75 Å². The predicted molar refractivity (Wildman–Crippen MR) is 80.9 cm³/mol. The maximum absolute atomic E-state index is 10.4. The standard InChI is InChI=1S/C18H26O2/c1-3-18-9-8-13(11-14(18)4-7-17(18)20)16-6-5-15(19)10-12(16)2/h5-6,10,13-14,17,19-20H,3-4,7-9,11H2,1-2H3/t13-,14?,17-,18-/m0/s1. The number of hydrogen-bond donors (Lipinski definition) is 2. The smallest absolute Gasteiger partial charge is 0.115 e. The van der Waals surface area contributed by atoms with Gasteiger partial charge in [-0.25, -0.2) is 0 Å². The number of rotatable bonds is 2. The van der Waals surface area contributed by atoms with Crippen molar-refractivity contribution in [1.29, 1.82) is 0 Å². The lowest BCUT2D eigenvalue weighted by Crippen LogP contribution is -2.39. The minimum atomic E-state index is -0.0839. The molecule has 2 N–H and O–H groups in total. The molecule has 0 aliphatic heterocycles. The molecular weight excluding hydrogens is 248 g/mol. The van der Waals surface area contributed by atoms with E-state index in [9.17, 15) is 10.2 Å². The Morgan fingerprint density at radius 1 is 1.25 bits per heavy atom. The molecule has 1 aromatic carbocycles. The average Bonchev–Trinajstić information content (AvgIpc) is 2.76. The van der Waals surface area contributed by atoms with Crippen molar-refractivity contribution in [2.75, 3.05) is 0 Å². The number of phenolic OH excluding ortho intramolecular Hbond substituents is 1. The summed E-state index contributed by atoms with van der Waals surface area (Å²) in [5.41, 5.74) is 2.80. The molecule has 20 heavy (non-hydrogen) atoms. The van der Waals surface area contributed by atoms with Crippen molar-refractivity contribution < 1.29 is 10.2 Å². The summed E-state index contributed by atoms with van der Waals surface area (Å²) in [4.78, 5) is 0. The van der Waals surface area contributed by atoms with Crippen molar-refractivity contribution in [2.45, 2.75) is 64.4 Å². The lowest BCUT2D eigenvalue weighted by Gasteiger charge is -2.44. The summed E-state index contributed by atoms with van der Waals surface area (Å²) in [5.74, 6) is 1.64. The van der Waals surface area contributed by atoms with Crippen LogP contribution in [0.2, 0.25) is 0 Å². The van der Waals surface area contributed by atoms with E-state index in [1.807, 2.05) is 12.1 Å². The van der Waals surface area contributed by atoms with Crippen LogP contribution in [-0.4, -0.2) is 16.3 Å². The third kappa shape index (κ3) is 2.05. The van der Waals surface area contributed by atoms with E-state index in [0.29, 0.717) is 17.6 Å². The number of aryl methyl sites for hydroxylation is 1. The van der Waals surface area contributed by atoms with Crippen molar-refractivity contribution in [1.82, 2.24) is 0 Å². The molecule has 2 heteroatoms. The number of phenols is 1. The van der Waals surface area contributed by atoms with Crippen LogP contribution >= 0.6 is 0 Å². The molecule has 0 amide bonds. The number of benzene rings is 1. The van der Waals surface area contributed by atoms with Gasteiger partial charge in [-0.15, -0.1) is 0 Å². The first-order valence-electron chi connectivity index (χ1n) is 8.04. The molecule has 0 heterocycles. The van der Waals surface area contributed by atoms with E-state index >= 15 is 0 Å². The van der Waals surface area contributed by atoms with Gasteiger partial charge >= 0.3 is 0 Å².